The van der Waals surface area contributed by atoms with E-state index < -0.39 is 0 Å². The molecule has 0 saturated carbocycles. The number of nitrogens with two attached hydrogens (primary N) is 1. The van der Waals surface area contributed by atoms with Gasteiger partial charge < -0.3 is 16.4 Å². The zero-order chi connectivity index (χ0) is 15.2. The van der Waals surface area contributed by atoms with E-state index >= 15 is 0 Å². The minimum Gasteiger partial charge on any atom is -0.334 e. The summed E-state index contributed by atoms with van der Waals surface area (Å²) in [5.41, 5.74) is 8.58. The highest BCUT2D eigenvalue weighted by atomic mass is 79.9. The molecule has 0 spiro atoms. The average Bonchev–Trinajstić information content (AvgIpc) is 2.45. The third-order valence-electron chi connectivity index (χ3n) is 3.01. The number of carbonyl (C=O) groups excluding carboxylic acids is 1. The molecule has 4 nitrogen and oxygen atoms in total. The lowest BCUT2D eigenvalue weighted by atomic mass is 10.1. The maximum absolute atomic E-state index is 11.9. The first-order valence-electron chi connectivity index (χ1n) is 6.69. The Bertz CT molecular complexity index is 628. The van der Waals surface area contributed by atoms with Gasteiger partial charge in [0.05, 0.1) is 0 Å². The molecule has 0 radical (unpaired) electrons. The Morgan fingerprint density at radius 2 is 2.00 bits per heavy atom. The lowest BCUT2D eigenvalue weighted by Crippen LogP contribution is -2.28. The summed E-state index contributed by atoms with van der Waals surface area (Å²) in [5.74, 6) is 0. The minimum absolute atomic E-state index is 0.0588. The van der Waals surface area contributed by atoms with Crippen LogP contribution in [0.5, 0.6) is 0 Å². The SMILES string of the molecule is CC(N)c1cccc(NC(=O)NCc2cccc(Br)c2)c1. The van der Waals surface area contributed by atoms with Gasteiger partial charge in [0.1, 0.15) is 0 Å². The normalized spacial score (nSPS) is 11.8. The second-order valence-corrected chi connectivity index (χ2v) is 5.77. The monoisotopic (exact) mass is 347 g/mol. The van der Waals surface area contributed by atoms with Crippen LogP contribution in [0.15, 0.2) is 53.0 Å². The second-order valence-electron chi connectivity index (χ2n) is 4.85. The number of nitrogens with one attached hydrogen (secondary N) is 2. The standard InChI is InChI=1S/C16H18BrN3O/c1-11(18)13-5-3-7-15(9-13)20-16(21)19-10-12-4-2-6-14(17)8-12/h2-9,11H,10,18H2,1H3,(H2,19,20,21). The summed E-state index contributed by atoms with van der Waals surface area (Å²) in [6.45, 7) is 2.38. The van der Waals surface area contributed by atoms with Crippen LogP contribution < -0.4 is 16.4 Å². The van der Waals surface area contributed by atoms with E-state index in [0.717, 1.165) is 21.3 Å². The van der Waals surface area contributed by atoms with Gasteiger partial charge in [-0.05, 0) is 42.3 Å². The molecule has 110 valence electrons. The minimum atomic E-state index is -0.239. The predicted octanol–water partition coefficient (Wildman–Crippen LogP) is 3.79. The zero-order valence-corrected chi connectivity index (χ0v) is 13.4. The second kappa shape index (κ2) is 7.24. The molecule has 0 aliphatic carbocycles. The van der Waals surface area contributed by atoms with Crippen LogP contribution in [0.4, 0.5) is 10.5 Å². The lowest BCUT2D eigenvalue weighted by Gasteiger charge is -2.10. The lowest BCUT2D eigenvalue weighted by molar-refractivity contribution is 0.251. The molecule has 0 aliphatic rings. The first-order chi connectivity index (χ1) is 10.0. The van der Waals surface area contributed by atoms with E-state index in [1.54, 1.807) is 0 Å². The van der Waals surface area contributed by atoms with Crippen LogP contribution in [0.1, 0.15) is 24.1 Å². The van der Waals surface area contributed by atoms with Crippen LogP contribution in [0.2, 0.25) is 0 Å². The Labute approximate surface area is 132 Å². The van der Waals surface area contributed by atoms with Gasteiger partial charge in [-0.3, -0.25) is 0 Å². The fourth-order valence-corrected chi connectivity index (χ4v) is 2.35. The topological polar surface area (TPSA) is 67.1 Å². The summed E-state index contributed by atoms with van der Waals surface area (Å²) >= 11 is 3.40. The van der Waals surface area contributed by atoms with Crippen LogP contribution in [-0.4, -0.2) is 6.03 Å². The van der Waals surface area contributed by atoms with Crippen molar-refractivity contribution in [3.63, 3.8) is 0 Å². The van der Waals surface area contributed by atoms with Gasteiger partial charge in [-0.1, -0.05) is 40.2 Å². The molecule has 1 atom stereocenters. The number of anilines is 1. The Balaban J connectivity index is 1.91. The molecule has 0 heterocycles. The largest absolute Gasteiger partial charge is 0.334 e. The number of benzene rings is 2. The third kappa shape index (κ3) is 4.88. The summed E-state index contributed by atoms with van der Waals surface area (Å²) in [6, 6.07) is 15.0. The van der Waals surface area contributed by atoms with Gasteiger partial charge in [0.2, 0.25) is 0 Å². The van der Waals surface area contributed by atoms with Gasteiger partial charge in [-0.15, -0.1) is 0 Å². The predicted molar refractivity (Wildman–Crippen MR) is 89.0 cm³/mol. The van der Waals surface area contributed by atoms with E-state index in [4.69, 9.17) is 5.73 Å². The number of urea groups is 1. The zero-order valence-electron chi connectivity index (χ0n) is 11.8. The van der Waals surface area contributed by atoms with Crippen LogP contribution in [0.3, 0.4) is 0 Å². The molecule has 1 unspecified atom stereocenters. The Hall–Kier alpha value is -1.85. The molecule has 2 aromatic carbocycles. The maximum atomic E-state index is 11.9. The van der Waals surface area contributed by atoms with Crippen molar-refractivity contribution in [3.8, 4) is 0 Å². The third-order valence-corrected chi connectivity index (χ3v) is 3.51. The van der Waals surface area contributed by atoms with Crippen molar-refractivity contribution >= 4 is 27.6 Å². The number of halogens is 1. The van der Waals surface area contributed by atoms with Crippen molar-refractivity contribution in [3.05, 3.63) is 64.1 Å². The number of amides is 2. The Morgan fingerprint density at radius 3 is 2.71 bits per heavy atom. The van der Waals surface area contributed by atoms with Crippen molar-refractivity contribution in [2.75, 3.05) is 5.32 Å². The van der Waals surface area contributed by atoms with E-state index in [-0.39, 0.29) is 12.1 Å². The number of hydrogen-bond donors (Lipinski definition) is 3. The molecule has 4 N–H and O–H groups in total. The molecule has 0 fully saturated rings. The number of hydrogen-bond acceptors (Lipinski definition) is 2. The van der Waals surface area contributed by atoms with Crippen molar-refractivity contribution in [1.29, 1.82) is 0 Å². The molecular formula is C16H18BrN3O. The average molecular weight is 348 g/mol. The Morgan fingerprint density at radius 1 is 1.24 bits per heavy atom. The van der Waals surface area contributed by atoms with Gasteiger partial charge >= 0.3 is 6.03 Å². The first-order valence-corrected chi connectivity index (χ1v) is 7.49. The van der Waals surface area contributed by atoms with Gasteiger partial charge in [0.15, 0.2) is 0 Å². The van der Waals surface area contributed by atoms with Gasteiger partial charge in [0, 0.05) is 22.7 Å². The van der Waals surface area contributed by atoms with Gasteiger partial charge in [0.25, 0.3) is 0 Å². The van der Waals surface area contributed by atoms with Crippen LogP contribution in [0, 0.1) is 0 Å². The Kier molecular flexibility index (Phi) is 5.36. The summed E-state index contributed by atoms with van der Waals surface area (Å²) in [6.07, 6.45) is 0. The molecule has 2 rings (SSSR count). The molecule has 0 bridgehead atoms. The number of rotatable bonds is 4. The summed E-state index contributed by atoms with van der Waals surface area (Å²) in [5, 5.41) is 5.63. The smallest absolute Gasteiger partial charge is 0.319 e. The molecule has 5 heteroatoms. The maximum Gasteiger partial charge on any atom is 0.319 e. The van der Waals surface area contributed by atoms with E-state index in [1.165, 1.54) is 0 Å². The van der Waals surface area contributed by atoms with E-state index in [9.17, 15) is 4.79 Å². The summed E-state index contributed by atoms with van der Waals surface area (Å²) in [7, 11) is 0. The molecule has 2 amide bonds. The molecule has 2 aromatic rings. The summed E-state index contributed by atoms with van der Waals surface area (Å²) in [4.78, 5) is 11.9. The quantitative estimate of drug-likeness (QED) is 0.787. The molecule has 0 aliphatic heterocycles. The van der Waals surface area contributed by atoms with Crippen molar-refractivity contribution in [2.24, 2.45) is 5.73 Å². The molecule has 0 aromatic heterocycles. The van der Waals surface area contributed by atoms with E-state index in [0.29, 0.717) is 6.54 Å². The van der Waals surface area contributed by atoms with Crippen molar-refractivity contribution < 1.29 is 4.79 Å². The molecule has 0 saturated heterocycles. The molecular weight excluding hydrogens is 330 g/mol. The van der Waals surface area contributed by atoms with E-state index in [1.807, 2.05) is 55.5 Å². The van der Waals surface area contributed by atoms with E-state index in [2.05, 4.69) is 26.6 Å². The van der Waals surface area contributed by atoms with Crippen LogP contribution in [-0.2, 0) is 6.54 Å². The highest BCUT2D eigenvalue weighted by Crippen LogP contribution is 2.15. The van der Waals surface area contributed by atoms with Crippen molar-refractivity contribution in [1.82, 2.24) is 5.32 Å². The van der Waals surface area contributed by atoms with Gasteiger partial charge in [-0.25, -0.2) is 4.79 Å². The van der Waals surface area contributed by atoms with Crippen molar-refractivity contribution in [2.45, 2.75) is 19.5 Å². The fraction of sp³-hybridized carbons (Fsp3) is 0.188. The summed E-state index contributed by atoms with van der Waals surface area (Å²) < 4.78 is 0.992. The van der Waals surface area contributed by atoms with Crippen LogP contribution >= 0.6 is 15.9 Å². The van der Waals surface area contributed by atoms with Crippen LogP contribution in [0.25, 0.3) is 0 Å². The fourth-order valence-electron chi connectivity index (χ4n) is 1.90. The first kappa shape index (κ1) is 15.5. The molecule has 21 heavy (non-hydrogen) atoms. The highest BCUT2D eigenvalue weighted by molar-refractivity contribution is 9.10. The van der Waals surface area contributed by atoms with Gasteiger partial charge in [-0.2, -0.15) is 0 Å². The number of carbonyl (C=O) groups is 1. The highest BCUT2D eigenvalue weighted by Gasteiger charge is 2.04.